The molecule has 1 atom stereocenters. The summed E-state index contributed by atoms with van der Waals surface area (Å²) in [5.41, 5.74) is 0.118. The second-order valence-corrected chi connectivity index (χ2v) is 4.94. The highest BCUT2D eigenvalue weighted by Crippen LogP contribution is 2.26. The van der Waals surface area contributed by atoms with Crippen LogP contribution >= 0.6 is 0 Å². The molecule has 2 aromatic rings. The zero-order valence-electron chi connectivity index (χ0n) is 11.0. The summed E-state index contributed by atoms with van der Waals surface area (Å²) in [6.45, 7) is 1.29. The Morgan fingerprint density at radius 2 is 2.30 bits per heavy atom. The molecule has 104 valence electrons. The number of nitrogens with zero attached hydrogens (tertiary/aromatic N) is 3. The van der Waals surface area contributed by atoms with Gasteiger partial charge >= 0.3 is 0 Å². The molecule has 1 amide bonds. The van der Waals surface area contributed by atoms with Crippen molar-refractivity contribution in [2.45, 2.75) is 18.8 Å². The summed E-state index contributed by atoms with van der Waals surface area (Å²) >= 11 is 0. The summed E-state index contributed by atoms with van der Waals surface area (Å²) in [6.07, 6.45) is 6.96. The van der Waals surface area contributed by atoms with E-state index in [2.05, 4.69) is 15.0 Å². The quantitative estimate of drug-likeness (QED) is 0.868. The van der Waals surface area contributed by atoms with E-state index in [4.69, 9.17) is 0 Å². The van der Waals surface area contributed by atoms with Gasteiger partial charge in [0.15, 0.2) is 5.69 Å². The minimum atomic E-state index is -0.223. The number of aromatic amines is 1. The number of aromatic hydroxyl groups is 1. The van der Waals surface area contributed by atoms with Gasteiger partial charge in [-0.15, -0.1) is 0 Å². The molecule has 3 rings (SSSR count). The van der Waals surface area contributed by atoms with E-state index in [1.807, 2.05) is 0 Å². The maximum absolute atomic E-state index is 12.4. The molecule has 6 nitrogen and oxygen atoms in total. The van der Waals surface area contributed by atoms with E-state index in [9.17, 15) is 9.90 Å². The number of hydrogen-bond donors (Lipinski definition) is 2. The SMILES string of the molecule is O=C(c1ncccc1O)N1CCC[C@@H](c2ncc[nH]2)C1. The zero-order chi connectivity index (χ0) is 13.9. The van der Waals surface area contributed by atoms with Crippen LogP contribution in [0.1, 0.15) is 35.1 Å². The number of hydrogen-bond acceptors (Lipinski definition) is 4. The molecule has 0 spiro atoms. The molecule has 1 aliphatic heterocycles. The zero-order valence-corrected chi connectivity index (χ0v) is 11.0. The Labute approximate surface area is 116 Å². The van der Waals surface area contributed by atoms with Crippen molar-refractivity contribution in [2.75, 3.05) is 13.1 Å². The number of rotatable bonds is 2. The van der Waals surface area contributed by atoms with Gasteiger partial charge in [-0.25, -0.2) is 9.97 Å². The van der Waals surface area contributed by atoms with Crippen LogP contribution in [0, 0.1) is 0 Å². The molecule has 0 bridgehead atoms. The third-order valence-corrected chi connectivity index (χ3v) is 3.60. The first-order chi connectivity index (χ1) is 9.75. The van der Waals surface area contributed by atoms with Crippen LogP contribution in [0.5, 0.6) is 5.75 Å². The average Bonchev–Trinajstić information content (AvgIpc) is 3.01. The van der Waals surface area contributed by atoms with Gasteiger partial charge in [0.1, 0.15) is 11.6 Å². The number of imidazole rings is 1. The Kier molecular flexibility index (Phi) is 3.37. The molecular formula is C14H16N4O2. The summed E-state index contributed by atoms with van der Waals surface area (Å²) in [5, 5.41) is 9.73. The van der Waals surface area contributed by atoms with Gasteiger partial charge in [0.2, 0.25) is 0 Å². The molecule has 3 heterocycles. The average molecular weight is 272 g/mol. The monoisotopic (exact) mass is 272 g/mol. The highest BCUT2D eigenvalue weighted by molar-refractivity contribution is 5.94. The van der Waals surface area contributed by atoms with Gasteiger partial charge in [0, 0.05) is 37.6 Å². The van der Waals surface area contributed by atoms with Gasteiger partial charge in [-0.1, -0.05) is 0 Å². The largest absolute Gasteiger partial charge is 0.505 e. The van der Waals surface area contributed by atoms with E-state index in [1.54, 1.807) is 23.4 Å². The lowest BCUT2D eigenvalue weighted by atomic mass is 9.97. The lowest BCUT2D eigenvalue weighted by molar-refractivity contribution is 0.0695. The van der Waals surface area contributed by atoms with Crippen LogP contribution in [0.15, 0.2) is 30.7 Å². The lowest BCUT2D eigenvalue weighted by Crippen LogP contribution is -2.39. The van der Waals surface area contributed by atoms with Crippen molar-refractivity contribution < 1.29 is 9.90 Å². The first-order valence-electron chi connectivity index (χ1n) is 6.68. The number of nitrogens with one attached hydrogen (secondary N) is 1. The van der Waals surface area contributed by atoms with E-state index in [-0.39, 0.29) is 23.3 Å². The molecule has 2 N–H and O–H groups in total. The molecule has 20 heavy (non-hydrogen) atoms. The Hall–Kier alpha value is -2.37. The second-order valence-electron chi connectivity index (χ2n) is 4.94. The third-order valence-electron chi connectivity index (χ3n) is 3.60. The minimum absolute atomic E-state index is 0.0716. The molecule has 0 aromatic carbocycles. The molecule has 0 saturated carbocycles. The Bertz CT molecular complexity index is 597. The fraction of sp³-hybridized carbons (Fsp3) is 0.357. The predicted octanol–water partition coefficient (Wildman–Crippen LogP) is 1.53. The van der Waals surface area contributed by atoms with Crippen LogP contribution in [0.3, 0.4) is 0 Å². The van der Waals surface area contributed by atoms with Gasteiger partial charge in [0.05, 0.1) is 0 Å². The molecule has 1 fully saturated rings. The van der Waals surface area contributed by atoms with Crippen molar-refractivity contribution in [3.63, 3.8) is 0 Å². The van der Waals surface area contributed by atoms with E-state index >= 15 is 0 Å². The van der Waals surface area contributed by atoms with Crippen LogP contribution in [-0.4, -0.2) is 44.0 Å². The molecule has 6 heteroatoms. The molecule has 0 unspecified atom stereocenters. The Morgan fingerprint density at radius 1 is 1.40 bits per heavy atom. The predicted molar refractivity (Wildman–Crippen MR) is 72.4 cm³/mol. The molecule has 1 aliphatic rings. The van der Waals surface area contributed by atoms with E-state index in [0.717, 1.165) is 18.7 Å². The van der Waals surface area contributed by atoms with Crippen LogP contribution < -0.4 is 0 Å². The van der Waals surface area contributed by atoms with E-state index in [1.165, 1.54) is 12.3 Å². The van der Waals surface area contributed by atoms with Crippen LogP contribution in [0.25, 0.3) is 0 Å². The van der Waals surface area contributed by atoms with Crippen molar-refractivity contribution in [1.29, 1.82) is 0 Å². The topological polar surface area (TPSA) is 82.1 Å². The molecule has 0 aliphatic carbocycles. The number of likely N-dealkylation sites (tertiary alicyclic amines) is 1. The number of amides is 1. The maximum atomic E-state index is 12.4. The number of aromatic nitrogens is 3. The van der Waals surface area contributed by atoms with Crippen molar-refractivity contribution in [2.24, 2.45) is 0 Å². The van der Waals surface area contributed by atoms with Crippen LogP contribution in [0.2, 0.25) is 0 Å². The van der Waals surface area contributed by atoms with Crippen molar-refractivity contribution in [3.05, 3.63) is 42.2 Å². The van der Waals surface area contributed by atoms with Crippen LogP contribution in [0.4, 0.5) is 0 Å². The first-order valence-corrected chi connectivity index (χ1v) is 6.68. The van der Waals surface area contributed by atoms with E-state index in [0.29, 0.717) is 13.1 Å². The van der Waals surface area contributed by atoms with Gasteiger partial charge in [-0.3, -0.25) is 4.79 Å². The molecule has 2 aromatic heterocycles. The Balaban J connectivity index is 1.77. The van der Waals surface area contributed by atoms with Crippen molar-refractivity contribution >= 4 is 5.91 Å². The third kappa shape index (κ3) is 2.36. The van der Waals surface area contributed by atoms with Crippen molar-refractivity contribution in [3.8, 4) is 5.75 Å². The summed E-state index contributed by atoms with van der Waals surface area (Å²) in [4.78, 5) is 25.5. The number of carbonyl (C=O) groups is 1. The number of piperidine rings is 1. The number of pyridine rings is 1. The first kappa shape index (κ1) is 12.7. The van der Waals surface area contributed by atoms with Gasteiger partial charge in [0.25, 0.3) is 5.91 Å². The number of H-pyrrole nitrogens is 1. The summed E-state index contributed by atoms with van der Waals surface area (Å²) < 4.78 is 0. The van der Waals surface area contributed by atoms with Crippen molar-refractivity contribution in [1.82, 2.24) is 19.9 Å². The molecular weight excluding hydrogens is 256 g/mol. The fourth-order valence-corrected chi connectivity index (χ4v) is 2.60. The van der Waals surface area contributed by atoms with E-state index < -0.39 is 0 Å². The minimum Gasteiger partial charge on any atom is -0.505 e. The Morgan fingerprint density at radius 3 is 3.05 bits per heavy atom. The fourth-order valence-electron chi connectivity index (χ4n) is 2.60. The highest BCUT2D eigenvalue weighted by Gasteiger charge is 2.28. The molecule has 0 radical (unpaired) electrons. The van der Waals surface area contributed by atoms with Gasteiger partial charge < -0.3 is 15.0 Å². The van der Waals surface area contributed by atoms with Crippen LogP contribution in [-0.2, 0) is 0 Å². The standard InChI is InChI=1S/C14H16N4O2/c19-11-4-1-5-15-12(11)14(20)18-8-2-3-10(9-18)13-16-6-7-17-13/h1,4-7,10,19H,2-3,8-9H2,(H,16,17)/t10-/m1/s1. The maximum Gasteiger partial charge on any atom is 0.276 e. The highest BCUT2D eigenvalue weighted by atomic mass is 16.3. The second kappa shape index (κ2) is 5.32. The molecule has 1 saturated heterocycles. The summed E-state index contributed by atoms with van der Waals surface area (Å²) in [6, 6.07) is 3.09. The smallest absolute Gasteiger partial charge is 0.276 e. The number of carbonyl (C=O) groups excluding carboxylic acids is 1. The summed E-state index contributed by atoms with van der Waals surface area (Å²) in [5.74, 6) is 0.832. The lowest BCUT2D eigenvalue weighted by Gasteiger charge is -2.31. The normalized spacial score (nSPS) is 19.0. The van der Waals surface area contributed by atoms with Gasteiger partial charge in [-0.2, -0.15) is 0 Å². The van der Waals surface area contributed by atoms with Gasteiger partial charge in [-0.05, 0) is 25.0 Å². The summed E-state index contributed by atoms with van der Waals surface area (Å²) in [7, 11) is 0.